The first-order chi connectivity index (χ1) is 8.31. The molecule has 0 aliphatic carbocycles. The number of rotatable bonds is 4. The van der Waals surface area contributed by atoms with Crippen LogP contribution in [0, 0.1) is 0 Å². The second-order valence-electron chi connectivity index (χ2n) is 3.54. The minimum atomic E-state index is -4.71. The lowest BCUT2D eigenvalue weighted by Crippen LogP contribution is -2.13. The van der Waals surface area contributed by atoms with Crippen molar-refractivity contribution < 1.29 is 27.5 Å². The average Bonchev–Trinajstić information content (AvgIpc) is 2.26. The quantitative estimate of drug-likeness (QED) is 0.617. The third-order valence-corrected chi connectivity index (χ3v) is 2.25. The summed E-state index contributed by atoms with van der Waals surface area (Å²) in [6.45, 7) is 2.72. The standard InChI is InChI=1S/C12H11F3O3/c1-3-18-10-5-8(7(2)17)4-9(6-16)11(10)12(13,14)15/h4-6H,3H2,1-2H3. The number of halogens is 3. The molecule has 0 heterocycles. The molecule has 0 atom stereocenters. The Balaban J connectivity index is 3.56. The van der Waals surface area contributed by atoms with E-state index in [0.717, 1.165) is 12.1 Å². The van der Waals surface area contributed by atoms with Gasteiger partial charge in [0.1, 0.15) is 11.3 Å². The predicted octanol–water partition coefficient (Wildman–Crippen LogP) is 3.12. The maximum Gasteiger partial charge on any atom is 0.420 e. The first-order valence-electron chi connectivity index (χ1n) is 5.15. The highest BCUT2D eigenvalue weighted by atomic mass is 19.4. The molecule has 0 saturated carbocycles. The number of Topliss-reactive ketones (excluding diaryl/α,β-unsaturated/α-hetero) is 1. The zero-order valence-corrected chi connectivity index (χ0v) is 9.80. The molecule has 18 heavy (non-hydrogen) atoms. The van der Waals surface area contributed by atoms with Gasteiger partial charge < -0.3 is 4.74 Å². The van der Waals surface area contributed by atoms with Crippen molar-refractivity contribution in [2.24, 2.45) is 0 Å². The number of hydrogen-bond acceptors (Lipinski definition) is 3. The predicted molar refractivity (Wildman–Crippen MR) is 58.0 cm³/mol. The summed E-state index contributed by atoms with van der Waals surface area (Å²) in [5.74, 6) is -0.937. The zero-order chi connectivity index (χ0) is 13.9. The van der Waals surface area contributed by atoms with E-state index in [4.69, 9.17) is 4.74 Å². The van der Waals surface area contributed by atoms with Gasteiger partial charge in [0.25, 0.3) is 0 Å². The van der Waals surface area contributed by atoms with Gasteiger partial charge in [0.15, 0.2) is 12.1 Å². The van der Waals surface area contributed by atoms with Crippen LogP contribution in [-0.4, -0.2) is 18.7 Å². The van der Waals surface area contributed by atoms with Crippen LogP contribution in [-0.2, 0) is 6.18 Å². The Morgan fingerprint density at radius 2 is 2.00 bits per heavy atom. The monoisotopic (exact) mass is 260 g/mol. The van der Waals surface area contributed by atoms with E-state index in [1.54, 1.807) is 0 Å². The summed E-state index contributed by atoms with van der Waals surface area (Å²) in [6, 6.07) is 1.92. The van der Waals surface area contributed by atoms with Crippen molar-refractivity contribution in [3.63, 3.8) is 0 Å². The van der Waals surface area contributed by atoms with Crippen LogP contribution in [0.1, 0.15) is 40.1 Å². The highest BCUT2D eigenvalue weighted by Gasteiger charge is 2.37. The van der Waals surface area contributed by atoms with Crippen LogP contribution in [0.2, 0.25) is 0 Å². The maximum absolute atomic E-state index is 12.8. The van der Waals surface area contributed by atoms with E-state index in [9.17, 15) is 22.8 Å². The van der Waals surface area contributed by atoms with Gasteiger partial charge in [-0.15, -0.1) is 0 Å². The van der Waals surface area contributed by atoms with E-state index in [1.165, 1.54) is 13.8 Å². The van der Waals surface area contributed by atoms with E-state index in [1.807, 2.05) is 0 Å². The van der Waals surface area contributed by atoms with Gasteiger partial charge in [0.2, 0.25) is 0 Å². The van der Waals surface area contributed by atoms with Crippen molar-refractivity contribution in [3.8, 4) is 5.75 Å². The lowest BCUT2D eigenvalue weighted by atomic mass is 10.0. The lowest BCUT2D eigenvalue weighted by molar-refractivity contribution is -0.139. The Hall–Kier alpha value is -1.85. The summed E-state index contributed by atoms with van der Waals surface area (Å²) in [6.07, 6.45) is -4.64. The van der Waals surface area contributed by atoms with Crippen LogP contribution in [0.5, 0.6) is 5.75 Å². The van der Waals surface area contributed by atoms with Gasteiger partial charge in [-0.1, -0.05) is 0 Å². The van der Waals surface area contributed by atoms with Crippen molar-refractivity contribution >= 4 is 12.1 Å². The van der Waals surface area contributed by atoms with Crippen LogP contribution in [0.4, 0.5) is 13.2 Å². The second kappa shape index (κ2) is 5.20. The van der Waals surface area contributed by atoms with E-state index in [0.29, 0.717) is 0 Å². The number of alkyl halides is 3. The molecule has 0 aliphatic heterocycles. The molecule has 1 rings (SSSR count). The van der Waals surface area contributed by atoms with Crippen molar-refractivity contribution in [2.75, 3.05) is 6.61 Å². The SMILES string of the molecule is CCOc1cc(C(C)=O)cc(C=O)c1C(F)(F)F. The summed E-state index contributed by atoms with van der Waals surface area (Å²) < 4.78 is 43.4. The van der Waals surface area contributed by atoms with E-state index < -0.39 is 28.8 Å². The Morgan fingerprint density at radius 3 is 2.39 bits per heavy atom. The number of ether oxygens (including phenoxy) is 1. The highest BCUT2D eigenvalue weighted by Crippen LogP contribution is 2.39. The molecule has 1 aromatic rings. The number of carbonyl (C=O) groups is 2. The Bertz CT molecular complexity index is 478. The molecule has 0 saturated heterocycles. The maximum atomic E-state index is 12.8. The molecule has 0 amide bonds. The van der Waals surface area contributed by atoms with Crippen LogP contribution in [0.25, 0.3) is 0 Å². The molecule has 0 aliphatic rings. The molecule has 0 spiro atoms. The molecule has 3 nitrogen and oxygen atoms in total. The van der Waals surface area contributed by atoms with Crippen LogP contribution < -0.4 is 4.74 Å². The fourth-order valence-electron chi connectivity index (χ4n) is 1.51. The van der Waals surface area contributed by atoms with Crippen molar-refractivity contribution in [1.82, 2.24) is 0 Å². The third kappa shape index (κ3) is 2.88. The summed E-state index contributed by atoms with van der Waals surface area (Å²) in [7, 11) is 0. The smallest absolute Gasteiger partial charge is 0.420 e. The number of ketones is 1. The van der Waals surface area contributed by atoms with Crippen molar-refractivity contribution in [3.05, 3.63) is 28.8 Å². The summed E-state index contributed by atoms with van der Waals surface area (Å²) in [5, 5.41) is 0. The molecule has 1 aromatic carbocycles. The number of aldehydes is 1. The van der Waals surface area contributed by atoms with Crippen molar-refractivity contribution in [1.29, 1.82) is 0 Å². The van der Waals surface area contributed by atoms with Gasteiger partial charge in [-0.25, -0.2) is 0 Å². The number of carbonyl (C=O) groups excluding carboxylic acids is 2. The van der Waals surface area contributed by atoms with Gasteiger partial charge in [0, 0.05) is 11.1 Å². The van der Waals surface area contributed by atoms with E-state index >= 15 is 0 Å². The second-order valence-corrected chi connectivity index (χ2v) is 3.54. The largest absolute Gasteiger partial charge is 0.493 e. The normalized spacial score (nSPS) is 11.2. The molecular formula is C12H11F3O3. The minimum Gasteiger partial charge on any atom is -0.493 e. The van der Waals surface area contributed by atoms with Gasteiger partial charge in [0.05, 0.1) is 6.61 Å². The highest BCUT2D eigenvalue weighted by molar-refractivity contribution is 5.96. The van der Waals surface area contributed by atoms with Crippen LogP contribution in [0.3, 0.4) is 0 Å². The number of hydrogen-bond donors (Lipinski definition) is 0. The van der Waals surface area contributed by atoms with Gasteiger partial charge in [-0.05, 0) is 26.0 Å². The first-order valence-corrected chi connectivity index (χ1v) is 5.15. The van der Waals surface area contributed by atoms with Crippen LogP contribution >= 0.6 is 0 Å². The first kappa shape index (κ1) is 14.2. The Labute approximate surface area is 102 Å². The minimum absolute atomic E-state index is 0.00271. The van der Waals surface area contributed by atoms with Crippen molar-refractivity contribution in [2.45, 2.75) is 20.0 Å². The zero-order valence-electron chi connectivity index (χ0n) is 9.80. The number of benzene rings is 1. The Morgan fingerprint density at radius 1 is 1.39 bits per heavy atom. The molecule has 0 bridgehead atoms. The van der Waals surface area contributed by atoms with Gasteiger partial charge in [-0.3, -0.25) is 9.59 Å². The van der Waals surface area contributed by atoms with Gasteiger partial charge in [-0.2, -0.15) is 13.2 Å². The molecular weight excluding hydrogens is 249 g/mol. The molecule has 0 unspecified atom stereocenters. The molecule has 0 N–H and O–H groups in total. The molecule has 0 aromatic heterocycles. The molecule has 0 radical (unpaired) electrons. The third-order valence-electron chi connectivity index (χ3n) is 2.25. The fraction of sp³-hybridized carbons (Fsp3) is 0.333. The summed E-state index contributed by atoms with van der Waals surface area (Å²) >= 11 is 0. The summed E-state index contributed by atoms with van der Waals surface area (Å²) in [5.41, 5.74) is -1.74. The molecule has 0 fully saturated rings. The van der Waals surface area contributed by atoms with Gasteiger partial charge >= 0.3 is 6.18 Å². The Kier molecular flexibility index (Phi) is 4.11. The summed E-state index contributed by atoms with van der Waals surface area (Å²) in [4.78, 5) is 21.9. The fourth-order valence-corrected chi connectivity index (χ4v) is 1.51. The lowest BCUT2D eigenvalue weighted by Gasteiger charge is -2.16. The topological polar surface area (TPSA) is 43.4 Å². The van der Waals surface area contributed by atoms with E-state index in [-0.39, 0.29) is 18.5 Å². The average molecular weight is 260 g/mol. The molecule has 98 valence electrons. The van der Waals surface area contributed by atoms with Crippen LogP contribution in [0.15, 0.2) is 12.1 Å². The van der Waals surface area contributed by atoms with E-state index in [2.05, 4.69) is 0 Å². The molecule has 6 heteroatoms.